The summed E-state index contributed by atoms with van der Waals surface area (Å²) >= 11 is 0. The Bertz CT molecular complexity index is 308. The highest BCUT2D eigenvalue weighted by Gasteiger charge is 2.38. The molecule has 118 valence electrons. The van der Waals surface area contributed by atoms with Gasteiger partial charge in [0.25, 0.3) is 0 Å². The van der Waals surface area contributed by atoms with Gasteiger partial charge in [-0.05, 0) is 31.6 Å². The number of carbonyl (C=O) groups excluding carboxylic acids is 2. The topological polar surface area (TPSA) is 52.6 Å². The van der Waals surface area contributed by atoms with Crippen molar-refractivity contribution < 1.29 is 19.1 Å². The van der Waals surface area contributed by atoms with Crippen LogP contribution in [0.25, 0.3) is 0 Å². The highest BCUT2D eigenvalue weighted by molar-refractivity contribution is 5.80. The first kappa shape index (κ1) is 18.9. The van der Waals surface area contributed by atoms with Crippen LogP contribution in [0, 0.1) is 17.3 Å². The molecule has 0 saturated heterocycles. The molecule has 0 aliphatic heterocycles. The lowest BCUT2D eigenvalue weighted by atomic mass is 9.73. The summed E-state index contributed by atoms with van der Waals surface area (Å²) in [6.07, 6.45) is 2.00. The molecular weight excluding hydrogens is 256 g/mol. The van der Waals surface area contributed by atoms with E-state index in [1.807, 2.05) is 13.8 Å². The Balaban J connectivity index is 4.88. The summed E-state index contributed by atoms with van der Waals surface area (Å²) in [6.45, 7) is 12.6. The van der Waals surface area contributed by atoms with Crippen molar-refractivity contribution in [1.82, 2.24) is 0 Å². The van der Waals surface area contributed by atoms with Crippen molar-refractivity contribution in [3.05, 3.63) is 0 Å². The molecule has 0 heterocycles. The predicted molar refractivity (Wildman–Crippen MR) is 79.2 cm³/mol. The van der Waals surface area contributed by atoms with Crippen LogP contribution in [0.1, 0.15) is 60.8 Å². The molecule has 0 aliphatic carbocycles. The first-order valence-electron chi connectivity index (χ1n) is 7.56. The minimum absolute atomic E-state index is 0.0950. The molecule has 1 atom stereocenters. The maximum absolute atomic E-state index is 12.1. The van der Waals surface area contributed by atoms with E-state index in [1.165, 1.54) is 0 Å². The van der Waals surface area contributed by atoms with Crippen molar-refractivity contribution in [2.24, 2.45) is 17.3 Å². The van der Waals surface area contributed by atoms with E-state index in [1.54, 1.807) is 13.8 Å². The summed E-state index contributed by atoms with van der Waals surface area (Å²) in [5.41, 5.74) is -0.275. The van der Waals surface area contributed by atoms with E-state index in [-0.39, 0.29) is 23.8 Å². The van der Waals surface area contributed by atoms with Gasteiger partial charge in [0.2, 0.25) is 0 Å². The van der Waals surface area contributed by atoms with Crippen LogP contribution in [0.2, 0.25) is 0 Å². The highest BCUT2D eigenvalue weighted by atomic mass is 16.5. The largest absolute Gasteiger partial charge is 0.466 e. The number of ether oxygens (including phenoxy) is 2. The first-order valence-corrected chi connectivity index (χ1v) is 7.56. The molecular formula is C16H30O4. The quantitative estimate of drug-likeness (QED) is 0.608. The normalized spacial score (nSPS) is 13.2. The molecule has 0 aromatic carbocycles. The Labute approximate surface area is 123 Å². The third-order valence-electron chi connectivity index (χ3n) is 3.56. The molecule has 0 rings (SSSR count). The molecule has 0 fully saturated rings. The van der Waals surface area contributed by atoms with E-state index in [9.17, 15) is 9.59 Å². The highest BCUT2D eigenvalue weighted by Crippen LogP contribution is 2.36. The standard InChI is InChI=1S/C16H30O4/c1-7-19-14(17)11-13(15(18)20-8-2)16(5,6)10-9-12(3)4/h12-13H,7-11H2,1-6H3. The fourth-order valence-electron chi connectivity index (χ4n) is 2.14. The number of carbonyl (C=O) groups is 2. The zero-order valence-electron chi connectivity index (χ0n) is 13.8. The van der Waals surface area contributed by atoms with Crippen LogP contribution in [0.5, 0.6) is 0 Å². The molecule has 0 N–H and O–H groups in total. The van der Waals surface area contributed by atoms with E-state index >= 15 is 0 Å². The summed E-state index contributed by atoms with van der Waals surface area (Å²) in [4.78, 5) is 23.9. The second-order valence-electron chi connectivity index (χ2n) is 6.23. The second-order valence-corrected chi connectivity index (χ2v) is 6.23. The SMILES string of the molecule is CCOC(=O)CC(C(=O)OCC)C(C)(C)CCC(C)C. The zero-order valence-corrected chi connectivity index (χ0v) is 13.8. The van der Waals surface area contributed by atoms with Gasteiger partial charge in [-0.3, -0.25) is 9.59 Å². The van der Waals surface area contributed by atoms with Gasteiger partial charge < -0.3 is 9.47 Å². The smallest absolute Gasteiger partial charge is 0.310 e. The summed E-state index contributed by atoms with van der Waals surface area (Å²) < 4.78 is 10.1. The molecule has 1 unspecified atom stereocenters. The van der Waals surface area contributed by atoms with Crippen molar-refractivity contribution in [1.29, 1.82) is 0 Å². The fraction of sp³-hybridized carbons (Fsp3) is 0.875. The molecule has 0 spiro atoms. The monoisotopic (exact) mass is 286 g/mol. The van der Waals surface area contributed by atoms with Crippen molar-refractivity contribution >= 4 is 11.9 Å². The van der Waals surface area contributed by atoms with Gasteiger partial charge in [-0.2, -0.15) is 0 Å². The van der Waals surface area contributed by atoms with Crippen molar-refractivity contribution in [2.45, 2.75) is 60.8 Å². The average Bonchev–Trinajstić information content (AvgIpc) is 2.34. The summed E-state index contributed by atoms with van der Waals surface area (Å²) in [5.74, 6) is -0.502. The number of hydrogen-bond acceptors (Lipinski definition) is 4. The van der Waals surface area contributed by atoms with Crippen LogP contribution in [-0.2, 0) is 19.1 Å². The summed E-state index contributed by atoms with van der Waals surface area (Å²) in [6, 6.07) is 0. The van der Waals surface area contributed by atoms with Gasteiger partial charge in [0.05, 0.1) is 25.6 Å². The van der Waals surface area contributed by atoms with E-state index < -0.39 is 5.92 Å². The van der Waals surface area contributed by atoms with Crippen LogP contribution in [0.3, 0.4) is 0 Å². The maximum Gasteiger partial charge on any atom is 0.310 e. The Hall–Kier alpha value is -1.06. The van der Waals surface area contributed by atoms with E-state index in [2.05, 4.69) is 13.8 Å². The molecule has 0 aromatic rings. The maximum atomic E-state index is 12.1. The number of esters is 2. The lowest BCUT2D eigenvalue weighted by Crippen LogP contribution is -2.35. The van der Waals surface area contributed by atoms with Crippen molar-refractivity contribution in [3.63, 3.8) is 0 Å². The molecule has 4 heteroatoms. The number of rotatable bonds is 9. The molecule has 0 radical (unpaired) electrons. The fourth-order valence-corrected chi connectivity index (χ4v) is 2.14. The summed E-state index contributed by atoms with van der Waals surface area (Å²) in [5, 5.41) is 0. The van der Waals surface area contributed by atoms with Gasteiger partial charge in [-0.1, -0.05) is 34.1 Å². The molecule has 4 nitrogen and oxygen atoms in total. The second kappa shape index (κ2) is 8.98. The van der Waals surface area contributed by atoms with Crippen LogP contribution in [0.15, 0.2) is 0 Å². The van der Waals surface area contributed by atoms with Crippen LogP contribution >= 0.6 is 0 Å². The molecule has 0 saturated carbocycles. The summed E-state index contributed by atoms with van der Waals surface area (Å²) in [7, 11) is 0. The van der Waals surface area contributed by atoms with Gasteiger partial charge in [0, 0.05) is 0 Å². The Kier molecular flexibility index (Phi) is 8.51. The molecule has 0 aromatic heterocycles. The first-order chi connectivity index (χ1) is 9.24. The van der Waals surface area contributed by atoms with Crippen molar-refractivity contribution in [2.75, 3.05) is 13.2 Å². The van der Waals surface area contributed by atoms with Gasteiger partial charge in [-0.25, -0.2) is 0 Å². The Morgan fingerprint density at radius 1 is 1.05 bits per heavy atom. The Morgan fingerprint density at radius 2 is 1.60 bits per heavy atom. The Morgan fingerprint density at radius 3 is 2.05 bits per heavy atom. The van der Waals surface area contributed by atoms with Gasteiger partial charge in [0.15, 0.2) is 0 Å². The lowest BCUT2D eigenvalue weighted by molar-refractivity contribution is -0.159. The molecule has 0 amide bonds. The van der Waals surface area contributed by atoms with Gasteiger partial charge >= 0.3 is 11.9 Å². The predicted octanol–water partition coefficient (Wildman–Crippen LogP) is 3.58. The number of hydrogen-bond donors (Lipinski definition) is 0. The third kappa shape index (κ3) is 6.92. The molecule has 20 heavy (non-hydrogen) atoms. The van der Waals surface area contributed by atoms with Crippen LogP contribution < -0.4 is 0 Å². The van der Waals surface area contributed by atoms with Gasteiger partial charge in [0.1, 0.15) is 0 Å². The van der Waals surface area contributed by atoms with Crippen molar-refractivity contribution in [3.8, 4) is 0 Å². The average molecular weight is 286 g/mol. The lowest BCUT2D eigenvalue weighted by Gasteiger charge is -2.32. The minimum atomic E-state index is -0.444. The molecule has 0 bridgehead atoms. The third-order valence-corrected chi connectivity index (χ3v) is 3.56. The zero-order chi connectivity index (χ0) is 15.8. The van der Waals surface area contributed by atoms with Gasteiger partial charge in [-0.15, -0.1) is 0 Å². The van der Waals surface area contributed by atoms with E-state index in [4.69, 9.17) is 9.47 Å². The molecule has 0 aliphatic rings. The van der Waals surface area contributed by atoms with Crippen LogP contribution in [-0.4, -0.2) is 25.2 Å². The minimum Gasteiger partial charge on any atom is -0.466 e. The van der Waals surface area contributed by atoms with Crippen LogP contribution in [0.4, 0.5) is 0 Å². The van der Waals surface area contributed by atoms with E-state index in [0.29, 0.717) is 19.1 Å². The van der Waals surface area contributed by atoms with E-state index in [0.717, 1.165) is 12.8 Å².